The molecule has 1 aromatic carbocycles. The molecular formula is C16H18NO6P. The van der Waals surface area contributed by atoms with Gasteiger partial charge in [0.25, 0.3) is 0 Å². The first-order valence-electron chi connectivity index (χ1n) is 7.32. The summed E-state index contributed by atoms with van der Waals surface area (Å²) >= 11 is 0. The predicted octanol–water partition coefficient (Wildman–Crippen LogP) is 1.92. The standard InChI is InChI=1S/C16H18NO6P/c1-2-13(10-4-3-5-11(18)8-10)16(20)14-7-6-12(19)9-15(14)17-24(21,22)23/h3-8,13,18H,2,9H2,1H3,(H3,17,21,22,23). The fourth-order valence-electron chi connectivity index (χ4n) is 2.61. The second-order valence-electron chi connectivity index (χ2n) is 5.44. The molecule has 0 saturated heterocycles. The fourth-order valence-corrected chi connectivity index (χ4v) is 3.16. The number of hydrogen-bond donors (Lipinski definition) is 4. The van der Waals surface area contributed by atoms with Gasteiger partial charge in [0.2, 0.25) is 0 Å². The van der Waals surface area contributed by atoms with Crippen molar-refractivity contribution in [3.8, 4) is 5.75 Å². The van der Waals surface area contributed by atoms with E-state index < -0.39 is 13.7 Å². The molecule has 0 heterocycles. The Morgan fingerprint density at radius 3 is 2.62 bits per heavy atom. The summed E-state index contributed by atoms with van der Waals surface area (Å²) in [5.74, 6) is -1.30. The monoisotopic (exact) mass is 351 g/mol. The summed E-state index contributed by atoms with van der Waals surface area (Å²) in [5.41, 5.74) is 0.573. The highest BCUT2D eigenvalue weighted by atomic mass is 31.2. The SMILES string of the molecule is CCC(C(=O)C1=C(NP(=O)(O)O)CC(=O)C=C1)c1cccc(O)c1. The molecule has 2 rings (SSSR count). The molecule has 24 heavy (non-hydrogen) atoms. The van der Waals surface area contributed by atoms with Gasteiger partial charge in [0.1, 0.15) is 5.75 Å². The van der Waals surface area contributed by atoms with Crippen LogP contribution in [0.3, 0.4) is 0 Å². The van der Waals surface area contributed by atoms with Gasteiger partial charge in [-0.1, -0.05) is 19.1 Å². The summed E-state index contributed by atoms with van der Waals surface area (Å²) in [6, 6.07) is 6.27. The molecule has 0 amide bonds. The summed E-state index contributed by atoms with van der Waals surface area (Å²) < 4.78 is 11.2. The molecule has 1 unspecified atom stereocenters. The van der Waals surface area contributed by atoms with Crippen molar-refractivity contribution < 1.29 is 29.0 Å². The molecule has 1 atom stereocenters. The van der Waals surface area contributed by atoms with Crippen molar-refractivity contribution >= 4 is 19.3 Å². The molecule has 0 spiro atoms. The number of ketones is 2. The average molecular weight is 351 g/mol. The molecule has 1 aliphatic rings. The van der Waals surface area contributed by atoms with Crippen molar-refractivity contribution in [2.75, 3.05) is 0 Å². The second kappa shape index (κ2) is 7.13. The third kappa shape index (κ3) is 4.41. The fraction of sp³-hybridized carbons (Fsp3) is 0.250. The zero-order chi connectivity index (χ0) is 17.9. The highest BCUT2D eigenvalue weighted by molar-refractivity contribution is 7.49. The summed E-state index contributed by atoms with van der Waals surface area (Å²) in [6.45, 7) is 1.79. The van der Waals surface area contributed by atoms with Gasteiger partial charge in [0.05, 0.1) is 6.42 Å². The highest BCUT2D eigenvalue weighted by Crippen LogP contribution is 2.35. The van der Waals surface area contributed by atoms with Crippen molar-refractivity contribution in [2.24, 2.45) is 0 Å². The van der Waals surface area contributed by atoms with E-state index in [0.717, 1.165) is 0 Å². The van der Waals surface area contributed by atoms with Crippen molar-refractivity contribution in [3.05, 3.63) is 53.3 Å². The molecule has 0 aromatic heterocycles. The largest absolute Gasteiger partial charge is 0.508 e. The highest BCUT2D eigenvalue weighted by Gasteiger charge is 2.28. The normalized spacial score (nSPS) is 16.2. The first kappa shape index (κ1) is 18.1. The third-order valence-corrected chi connectivity index (χ3v) is 4.22. The van der Waals surface area contributed by atoms with Crippen molar-refractivity contribution in [1.29, 1.82) is 0 Å². The number of phenols is 1. The average Bonchev–Trinajstić information content (AvgIpc) is 2.46. The zero-order valence-electron chi connectivity index (χ0n) is 13.0. The van der Waals surface area contributed by atoms with E-state index in [1.165, 1.54) is 24.3 Å². The molecule has 4 N–H and O–H groups in total. The molecule has 0 radical (unpaired) electrons. The first-order valence-corrected chi connectivity index (χ1v) is 8.93. The summed E-state index contributed by atoms with van der Waals surface area (Å²) in [6.07, 6.45) is 2.64. The summed E-state index contributed by atoms with van der Waals surface area (Å²) in [7, 11) is -4.64. The molecule has 1 aliphatic carbocycles. The Labute approximate surface area is 138 Å². The van der Waals surface area contributed by atoms with Crippen LogP contribution in [0.1, 0.15) is 31.2 Å². The van der Waals surface area contributed by atoms with Crippen LogP contribution >= 0.6 is 7.75 Å². The number of nitrogens with one attached hydrogen (secondary N) is 1. The maximum Gasteiger partial charge on any atom is 0.427 e. The number of hydrogen-bond acceptors (Lipinski definition) is 4. The Kier molecular flexibility index (Phi) is 5.39. The van der Waals surface area contributed by atoms with Crippen LogP contribution in [0, 0.1) is 0 Å². The Bertz CT molecular complexity index is 777. The number of carbonyl (C=O) groups excluding carboxylic acids is 2. The van der Waals surface area contributed by atoms with E-state index in [1.54, 1.807) is 19.1 Å². The van der Waals surface area contributed by atoms with Gasteiger partial charge in [-0.3, -0.25) is 14.7 Å². The lowest BCUT2D eigenvalue weighted by Gasteiger charge is -2.21. The summed E-state index contributed by atoms with van der Waals surface area (Å²) in [5, 5.41) is 11.6. The van der Waals surface area contributed by atoms with Crippen LogP contribution in [0.2, 0.25) is 0 Å². The van der Waals surface area contributed by atoms with Crippen LogP contribution in [0.25, 0.3) is 0 Å². The van der Waals surface area contributed by atoms with Gasteiger partial charge in [-0.2, -0.15) is 0 Å². The molecule has 0 bridgehead atoms. The number of allylic oxidation sites excluding steroid dienone is 4. The maximum atomic E-state index is 12.8. The Balaban J connectivity index is 2.43. The summed E-state index contributed by atoms with van der Waals surface area (Å²) in [4.78, 5) is 42.6. The molecular weight excluding hydrogens is 333 g/mol. The van der Waals surface area contributed by atoms with Gasteiger partial charge >= 0.3 is 7.75 Å². The first-order chi connectivity index (χ1) is 11.2. The molecule has 0 fully saturated rings. The van der Waals surface area contributed by atoms with Crippen LogP contribution < -0.4 is 5.09 Å². The van der Waals surface area contributed by atoms with Crippen LogP contribution in [0.4, 0.5) is 0 Å². The molecule has 0 saturated carbocycles. The topological polar surface area (TPSA) is 124 Å². The van der Waals surface area contributed by atoms with E-state index in [0.29, 0.717) is 12.0 Å². The number of carbonyl (C=O) groups is 2. The van der Waals surface area contributed by atoms with E-state index >= 15 is 0 Å². The van der Waals surface area contributed by atoms with Crippen LogP contribution in [-0.4, -0.2) is 26.5 Å². The molecule has 128 valence electrons. The van der Waals surface area contributed by atoms with E-state index in [2.05, 4.69) is 0 Å². The lowest BCUT2D eigenvalue weighted by atomic mass is 9.85. The van der Waals surface area contributed by atoms with Crippen LogP contribution in [0.5, 0.6) is 5.75 Å². The Hall–Kier alpha value is -2.21. The lowest BCUT2D eigenvalue weighted by molar-refractivity contribution is -0.116. The number of aromatic hydroxyl groups is 1. The van der Waals surface area contributed by atoms with Crippen LogP contribution in [-0.2, 0) is 14.2 Å². The minimum Gasteiger partial charge on any atom is -0.508 e. The molecule has 0 aliphatic heterocycles. The van der Waals surface area contributed by atoms with Crippen molar-refractivity contribution in [1.82, 2.24) is 5.09 Å². The van der Waals surface area contributed by atoms with Gasteiger partial charge in [0.15, 0.2) is 11.6 Å². The molecule has 7 nitrogen and oxygen atoms in total. The number of phenolic OH excluding ortho intramolecular Hbond substituents is 1. The molecule has 8 heteroatoms. The number of Topliss-reactive ketones (excluding diaryl/α,β-unsaturated/α-hetero) is 1. The van der Waals surface area contributed by atoms with Gasteiger partial charge < -0.3 is 14.9 Å². The maximum absolute atomic E-state index is 12.8. The van der Waals surface area contributed by atoms with Gasteiger partial charge in [0, 0.05) is 17.2 Å². The smallest absolute Gasteiger partial charge is 0.427 e. The van der Waals surface area contributed by atoms with Gasteiger partial charge in [-0.05, 0) is 36.3 Å². The minimum atomic E-state index is -4.64. The van der Waals surface area contributed by atoms with Gasteiger partial charge in [-0.15, -0.1) is 0 Å². The third-order valence-electron chi connectivity index (χ3n) is 3.66. The quantitative estimate of drug-likeness (QED) is 0.577. The van der Waals surface area contributed by atoms with E-state index in [4.69, 9.17) is 9.79 Å². The van der Waals surface area contributed by atoms with Crippen molar-refractivity contribution in [2.45, 2.75) is 25.7 Å². The van der Waals surface area contributed by atoms with E-state index in [1.807, 2.05) is 5.09 Å². The predicted molar refractivity (Wildman–Crippen MR) is 87.1 cm³/mol. The second-order valence-corrected chi connectivity index (χ2v) is 6.76. The minimum absolute atomic E-state index is 0.0238. The lowest BCUT2D eigenvalue weighted by Crippen LogP contribution is -2.23. The van der Waals surface area contributed by atoms with Crippen LogP contribution in [0.15, 0.2) is 47.7 Å². The van der Waals surface area contributed by atoms with Gasteiger partial charge in [-0.25, -0.2) is 4.57 Å². The number of rotatable bonds is 6. The Morgan fingerprint density at radius 1 is 1.33 bits per heavy atom. The number of benzene rings is 1. The zero-order valence-corrected chi connectivity index (χ0v) is 13.9. The molecule has 1 aromatic rings. The van der Waals surface area contributed by atoms with E-state index in [9.17, 15) is 19.3 Å². The van der Waals surface area contributed by atoms with E-state index in [-0.39, 0.29) is 35.0 Å². The van der Waals surface area contributed by atoms with Crippen molar-refractivity contribution in [3.63, 3.8) is 0 Å². The Morgan fingerprint density at radius 2 is 2.04 bits per heavy atom.